The van der Waals surface area contributed by atoms with Crippen LogP contribution in [0.2, 0.25) is 0 Å². The predicted octanol–water partition coefficient (Wildman–Crippen LogP) is 3.46. The minimum atomic E-state index is -0.764. The van der Waals surface area contributed by atoms with Gasteiger partial charge >= 0.3 is 5.76 Å². The van der Waals surface area contributed by atoms with E-state index in [1.165, 1.54) is 30.5 Å². The molecule has 2 heterocycles. The van der Waals surface area contributed by atoms with Crippen LogP contribution in [-0.4, -0.2) is 20.6 Å². The minimum Gasteiger partial charge on any atom is -0.467 e. The summed E-state index contributed by atoms with van der Waals surface area (Å²) >= 11 is 0. The molecule has 0 N–H and O–H groups in total. The van der Waals surface area contributed by atoms with Gasteiger partial charge in [-0.05, 0) is 42.0 Å². The Hall–Kier alpha value is -3.94. The number of aromatic nitrogens is 2. The average Bonchev–Trinajstić information content (AvgIpc) is 3.39. The van der Waals surface area contributed by atoms with Gasteiger partial charge in [-0.15, -0.1) is 5.10 Å². The van der Waals surface area contributed by atoms with Crippen LogP contribution in [0.15, 0.2) is 86.6 Å². The summed E-state index contributed by atoms with van der Waals surface area (Å²) in [5.41, 5.74) is 1.38. The summed E-state index contributed by atoms with van der Waals surface area (Å²) in [6.07, 6.45) is 1.54. The molecule has 0 aliphatic carbocycles. The van der Waals surface area contributed by atoms with Gasteiger partial charge in [0.05, 0.1) is 12.8 Å². The summed E-state index contributed by atoms with van der Waals surface area (Å²) < 4.78 is 24.6. The van der Waals surface area contributed by atoms with E-state index in [9.17, 15) is 14.0 Å². The average molecular weight is 407 g/mol. The van der Waals surface area contributed by atoms with Gasteiger partial charge in [-0.2, -0.15) is 4.68 Å². The van der Waals surface area contributed by atoms with Crippen molar-refractivity contribution in [2.24, 2.45) is 0 Å². The maximum absolute atomic E-state index is 13.1. The molecule has 0 saturated carbocycles. The molecule has 0 spiro atoms. The van der Waals surface area contributed by atoms with Crippen molar-refractivity contribution in [3.8, 4) is 11.5 Å². The fraction of sp³-hybridized carbons (Fsp3) is 0.136. The third kappa shape index (κ3) is 4.54. The number of hydrogen-bond acceptors (Lipinski definition) is 5. The third-order valence-corrected chi connectivity index (χ3v) is 4.48. The quantitative estimate of drug-likeness (QED) is 0.469. The van der Waals surface area contributed by atoms with E-state index >= 15 is 0 Å². The van der Waals surface area contributed by atoms with Crippen molar-refractivity contribution in [1.29, 1.82) is 0 Å². The first-order valence-electron chi connectivity index (χ1n) is 9.26. The Morgan fingerprint density at radius 2 is 1.77 bits per heavy atom. The van der Waals surface area contributed by atoms with Gasteiger partial charge < -0.3 is 13.7 Å². The monoisotopic (exact) mass is 407 g/mol. The maximum Gasteiger partial charge on any atom is 0.437 e. The zero-order chi connectivity index (χ0) is 20.9. The predicted molar refractivity (Wildman–Crippen MR) is 106 cm³/mol. The van der Waals surface area contributed by atoms with E-state index < -0.39 is 11.6 Å². The molecular weight excluding hydrogens is 389 g/mol. The number of nitrogens with zero attached hydrogens (tertiary/aromatic N) is 3. The number of furan rings is 1. The summed E-state index contributed by atoms with van der Waals surface area (Å²) in [5.74, 6) is -0.853. The Morgan fingerprint density at radius 3 is 2.47 bits per heavy atom. The van der Waals surface area contributed by atoms with Crippen molar-refractivity contribution in [3.05, 3.63) is 101 Å². The number of hydrogen-bond donors (Lipinski definition) is 0. The molecule has 152 valence electrons. The Bertz CT molecular complexity index is 1170. The molecule has 8 heteroatoms. The molecule has 0 aliphatic rings. The van der Waals surface area contributed by atoms with Gasteiger partial charge in [0, 0.05) is 12.1 Å². The summed E-state index contributed by atoms with van der Waals surface area (Å²) in [6, 6.07) is 18.4. The number of carbonyl (C=O) groups is 1. The second-order valence-electron chi connectivity index (χ2n) is 6.65. The van der Waals surface area contributed by atoms with Gasteiger partial charge in [-0.25, -0.2) is 9.18 Å². The number of carbonyl (C=O) groups excluding carboxylic acids is 1. The van der Waals surface area contributed by atoms with E-state index in [0.29, 0.717) is 17.9 Å². The van der Waals surface area contributed by atoms with Crippen molar-refractivity contribution in [2.45, 2.75) is 19.6 Å². The van der Waals surface area contributed by atoms with Gasteiger partial charge in [0.2, 0.25) is 11.8 Å². The summed E-state index contributed by atoms with van der Waals surface area (Å²) in [5, 5.41) is 4.08. The van der Waals surface area contributed by atoms with Crippen molar-refractivity contribution < 1.29 is 18.0 Å². The van der Waals surface area contributed by atoms with Crippen LogP contribution < -0.4 is 5.76 Å². The van der Waals surface area contributed by atoms with Crippen molar-refractivity contribution in [2.75, 3.05) is 0 Å². The van der Waals surface area contributed by atoms with Crippen LogP contribution in [0.25, 0.3) is 11.5 Å². The van der Waals surface area contributed by atoms with Crippen molar-refractivity contribution in [1.82, 2.24) is 14.7 Å². The second kappa shape index (κ2) is 8.60. The van der Waals surface area contributed by atoms with E-state index in [1.54, 1.807) is 17.0 Å². The molecular formula is C22H18FN3O4. The molecule has 7 nitrogen and oxygen atoms in total. The fourth-order valence-corrected chi connectivity index (χ4v) is 2.97. The van der Waals surface area contributed by atoms with Crippen LogP contribution in [0, 0.1) is 5.82 Å². The Balaban J connectivity index is 1.54. The lowest BCUT2D eigenvalue weighted by molar-refractivity contribution is -0.133. The molecule has 4 aromatic rings. The van der Waals surface area contributed by atoms with Crippen LogP contribution in [0.4, 0.5) is 4.39 Å². The topological polar surface area (TPSA) is 81.5 Å². The number of benzene rings is 2. The van der Waals surface area contributed by atoms with E-state index in [1.807, 2.05) is 30.3 Å². The number of rotatable bonds is 7. The first-order chi connectivity index (χ1) is 14.6. The lowest BCUT2D eigenvalue weighted by atomic mass is 10.2. The summed E-state index contributed by atoms with van der Waals surface area (Å²) in [6.45, 7) is 0.299. The third-order valence-electron chi connectivity index (χ3n) is 4.48. The molecule has 0 aliphatic heterocycles. The highest BCUT2D eigenvalue weighted by Crippen LogP contribution is 2.16. The molecule has 1 amide bonds. The number of halogens is 1. The van der Waals surface area contributed by atoms with Crippen molar-refractivity contribution in [3.63, 3.8) is 0 Å². The van der Waals surface area contributed by atoms with Gasteiger partial charge in [0.25, 0.3) is 0 Å². The smallest absolute Gasteiger partial charge is 0.437 e. The fourth-order valence-electron chi connectivity index (χ4n) is 2.97. The van der Waals surface area contributed by atoms with Crippen molar-refractivity contribution >= 4 is 5.91 Å². The lowest BCUT2D eigenvalue weighted by Crippen LogP contribution is -2.35. The Labute approximate surface area is 171 Å². The lowest BCUT2D eigenvalue weighted by Gasteiger charge is -2.21. The maximum atomic E-state index is 13.1. The van der Waals surface area contributed by atoms with Crippen LogP contribution in [0.5, 0.6) is 0 Å². The Kier molecular flexibility index (Phi) is 5.56. The van der Waals surface area contributed by atoms with E-state index in [2.05, 4.69) is 5.10 Å². The highest BCUT2D eigenvalue weighted by Gasteiger charge is 2.20. The molecule has 0 bridgehead atoms. The van der Waals surface area contributed by atoms with Gasteiger partial charge in [0.15, 0.2) is 0 Å². The van der Waals surface area contributed by atoms with Crippen LogP contribution in [0.1, 0.15) is 11.3 Å². The first kappa shape index (κ1) is 19.4. The highest BCUT2D eigenvalue weighted by atomic mass is 19.1. The van der Waals surface area contributed by atoms with Gasteiger partial charge in [-0.1, -0.05) is 30.3 Å². The van der Waals surface area contributed by atoms with E-state index in [0.717, 1.165) is 10.2 Å². The first-order valence-corrected chi connectivity index (χ1v) is 9.26. The van der Waals surface area contributed by atoms with E-state index in [-0.39, 0.29) is 24.9 Å². The van der Waals surface area contributed by atoms with Gasteiger partial charge in [-0.3, -0.25) is 4.79 Å². The Morgan fingerprint density at radius 1 is 1.00 bits per heavy atom. The molecule has 0 atom stereocenters. The second-order valence-corrected chi connectivity index (χ2v) is 6.65. The zero-order valence-corrected chi connectivity index (χ0v) is 15.9. The molecule has 0 radical (unpaired) electrons. The number of amides is 1. The minimum absolute atomic E-state index is 0.0217. The van der Waals surface area contributed by atoms with Crippen LogP contribution in [0.3, 0.4) is 0 Å². The largest absolute Gasteiger partial charge is 0.467 e. The SMILES string of the molecule is O=C(Cn1nc(-c2ccc(F)cc2)oc1=O)N(Cc1ccccc1)Cc1ccco1. The molecule has 0 unspecified atom stereocenters. The molecule has 2 aromatic carbocycles. The van der Waals surface area contributed by atoms with Gasteiger partial charge in [0.1, 0.15) is 18.1 Å². The summed E-state index contributed by atoms with van der Waals surface area (Å²) in [7, 11) is 0. The van der Waals surface area contributed by atoms with Crippen LogP contribution in [-0.2, 0) is 24.4 Å². The molecule has 0 saturated heterocycles. The summed E-state index contributed by atoms with van der Waals surface area (Å²) in [4.78, 5) is 26.7. The molecule has 2 aromatic heterocycles. The normalized spacial score (nSPS) is 10.8. The molecule has 30 heavy (non-hydrogen) atoms. The standard InChI is InChI=1S/C22H18FN3O4/c23-18-10-8-17(9-11-18)21-24-26(22(28)30-21)15-20(27)25(14-19-7-4-12-29-19)13-16-5-2-1-3-6-16/h1-12H,13-15H2. The molecule has 4 rings (SSSR count). The van der Waals surface area contributed by atoms with E-state index in [4.69, 9.17) is 8.83 Å². The van der Waals surface area contributed by atoms with Crippen LogP contribution >= 0.6 is 0 Å². The highest BCUT2D eigenvalue weighted by molar-refractivity contribution is 5.75. The molecule has 0 fully saturated rings. The zero-order valence-electron chi connectivity index (χ0n) is 15.9.